The average Bonchev–Trinajstić information content (AvgIpc) is 3.41. The van der Waals surface area contributed by atoms with Crippen LogP contribution in [0.2, 0.25) is 0 Å². The van der Waals surface area contributed by atoms with Gasteiger partial charge in [-0.1, -0.05) is 30.3 Å². The number of fused-ring (bicyclic) bond motifs is 2. The van der Waals surface area contributed by atoms with E-state index in [1.807, 2.05) is 23.1 Å². The lowest BCUT2D eigenvalue weighted by Gasteiger charge is -2.37. The van der Waals surface area contributed by atoms with E-state index < -0.39 is 6.10 Å². The highest BCUT2D eigenvalue weighted by Crippen LogP contribution is 2.39. The van der Waals surface area contributed by atoms with Crippen molar-refractivity contribution in [2.75, 3.05) is 13.3 Å². The van der Waals surface area contributed by atoms with Gasteiger partial charge in [0.2, 0.25) is 6.79 Å². The van der Waals surface area contributed by atoms with Gasteiger partial charge in [-0.15, -0.1) is 11.3 Å². The Kier molecular flexibility index (Phi) is 4.64. The third kappa shape index (κ3) is 3.34. The molecule has 148 valence electrons. The van der Waals surface area contributed by atoms with Crippen LogP contribution in [0, 0.1) is 0 Å². The van der Waals surface area contributed by atoms with Gasteiger partial charge in [-0.25, -0.2) is 0 Å². The molecule has 2 aliphatic heterocycles. The standard InChI is InChI=1S/C23H21NO4S/c1-15(28-17-7-8-19-20(13-17)27-14-26-19)23(25)24-11-9-21-18(10-12-29-21)22(24)16-5-3-2-4-6-16/h2-8,10,12-13,15,22H,9,11,14H2,1H3/t15-,22+/m0/s1. The minimum absolute atomic E-state index is 0.0200. The number of carbonyl (C=O) groups is 1. The van der Waals surface area contributed by atoms with Crippen molar-refractivity contribution >= 4 is 17.2 Å². The summed E-state index contributed by atoms with van der Waals surface area (Å²) >= 11 is 1.76. The summed E-state index contributed by atoms with van der Waals surface area (Å²) in [5, 5.41) is 2.11. The van der Waals surface area contributed by atoms with Crippen LogP contribution in [0.4, 0.5) is 0 Å². The molecule has 5 rings (SSSR count). The predicted molar refractivity (Wildman–Crippen MR) is 111 cm³/mol. The van der Waals surface area contributed by atoms with Gasteiger partial charge < -0.3 is 19.1 Å². The Bertz CT molecular complexity index is 1030. The summed E-state index contributed by atoms with van der Waals surface area (Å²) in [7, 11) is 0. The molecule has 2 aromatic carbocycles. The SMILES string of the molecule is C[C@H](Oc1ccc2c(c1)OCO2)C(=O)N1CCc2sccc2[C@H]1c1ccccc1. The van der Waals surface area contributed by atoms with Gasteiger partial charge in [-0.3, -0.25) is 4.79 Å². The summed E-state index contributed by atoms with van der Waals surface area (Å²) in [6, 6.07) is 17.6. The molecule has 0 fully saturated rings. The lowest BCUT2D eigenvalue weighted by molar-refractivity contribution is -0.140. The molecule has 3 heterocycles. The maximum atomic E-state index is 13.4. The van der Waals surface area contributed by atoms with E-state index in [0.29, 0.717) is 23.8 Å². The van der Waals surface area contributed by atoms with Gasteiger partial charge in [0.1, 0.15) is 5.75 Å². The fourth-order valence-electron chi connectivity index (χ4n) is 3.99. The van der Waals surface area contributed by atoms with Crippen molar-refractivity contribution in [3.8, 4) is 17.2 Å². The van der Waals surface area contributed by atoms with E-state index in [2.05, 4.69) is 23.6 Å². The molecular weight excluding hydrogens is 386 g/mol. The van der Waals surface area contributed by atoms with Crippen LogP contribution in [0.1, 0.15) is 29.0 Å². The Balaban J connectivity index is 1.40. The zero-order valence-electron chi connectivity index (χ0n) is 16.0. The van der Waals surface area contributed by atoms with E-state index in [-0.39, 0.29) is 18.7 Å². The Morgan fingerprint density at radius 3 is 2.83 bits per heavy atom. The lowest BCUT2D eigenvalue weighted by atomic mass is 9.93. The zero-order valence-corrected chi connectivity index (χ0v) is 16.9. The quantitative estimate of drug-likeness (QED) is 0.642. The Morgan fingerprint density at radius 2 is 1.97 bits per heavy atom. The minimum atomic E-state index is -0.609. The first-order chi connectivity index (χ1) is 14.2. The molecule has 2 atom stereocenters. The third-order valence-electron chi connectivity index (χ3n) is 5.37. The molecule has 0 unspecified atom stereocenters. The van der Waals surface area contributed by atoms with E-state index in [1.54, 1.807) is 36.5 Å². The molecule has 3 aromatic rings. The summed E-state index contributed by atoms with van der Waals surface area (Å²) in [6.07, 6.45) is 0.264. The number of rotatable bonds is 4. The number of hydrogen-bond donors (Lipinski definition) is 0. The zero-order chi connectivity index (χ0) is 19.8. The van der Waals surface area contributed by atoms with Crippen molar-refractivity contribution in [2.45, 2.75) is 25.5 Å². The highest BCUT2D eigenvalue weighted by atomic mass is 32.1. The van der Waals surface area contributed by atoms with Gasteiger partial charge in [0.25, 0.3) is 5.91 Å². The van der Waals surface area contributed by atoms with Crippen LogP contribution in [0.5, 0.6) is 17.2 Å². The third-order valence-corrected chi connectivity index (χ3v) is 6.37. The van der Waals surface area contributed by atoms with Gasteiger partial charge in [-0.2, -0.15) is 0 Å². The van der Waals surface area contributed by atoms with Crippen molar-refractivity contribution < 1.29 is 19.0 Å². The van der Waals surface area contributed by atoms with Crippen molar-refractivity contribution in [3.05, 3.63) is 76.0 Å². The largest absolute Gasteiger partial charge is 0.481 e. The molecule has 0 saturated carbocycles. The molecule has 2 aliphatic rings. The Hall–Kier alpha value is -2.99. The number of thiophene rings is 1. The Labute approximate surface area is 173 Å². The van der Waals surface area contributed by atoms with E-state index in [4.69, 9.17) is 14.2 Å². The van der Waals surface area contributed by atoms with Crippen LogP contribution >= 0.6 is 11.3 Å². The molecule has 0 saturated heterocycles. The smallest absolute Gasteiger partial charge is 0.264 e. The van der Waals surface area contributed by atoms with Crippen LogP contribution in [0.15, 0.2) is 60.0 Å². The van der Waals surface area contributed by atoms with Crippen LogP contribution in [-0.2, 0) is 11.2 Å². The molecule has 5 nitrogen and oxygen atoms in total. The summed E-state index contributed by atoms with van der Waals surface area (Å²) in [6.45, 7) is 2.70. The molecule has 0 spiro atoms. The first-order valence-electron chi connectivity index (χ1n) is 9.69. The summed E-state index contributed by atoms with van der Waals surface area (Å²) in [4.78, 5) is 16.7. The second kappa shape index (κ2) is 7.44. The fourth-order valence-corrected chi connectivity index (χ4v) is 4.89. The highest BCUT2D eigenvalue weighted by molar-refractivity contribution is 7.10. The number of carbonyl (C=O) groups excluding carboxylic acids is 1. The van der Waals surface area contributed by atoms with Gasteiger partial charge in [0.05, 0.1) is 6.04 Å². The minimum Gasteiger partial charge on any atom is -0.481 e. The topological polar surface area (TPSA) is 48.0 Å². The maximum absolute atomic E-state index is 13.4. The van der Waals surface area contributed by atoms with Crippen molar-refractivity contribution in [3.63, 3.8) is 0 Å². The second-order valence-corrected chi connectivity index (χ2v) is 8.17. The lowest BCUT2D eigenvalue weighted by Crippen LogP contribution is -2.46. The predicted octanol–water partition coefficient (Wildman–Crippen LogP) is 4.42. The molecule has 0 radical (unpaired) electrons. The number of amides is 1. The number of hydrogen-bond acceptors (Lipinski definition) is 5. The molecule has 6 heteroatoms. The van der Waals surface area contributed by atoms with Gasteiger partial charge >= 0.3 is 0 Å². The maximum Gasteiger partial charge on any atom is 0.264 e. The molecule has 29 heavy (non-hydrogen) atoms. The second-order valence-electron chi connectivity index (χ2n) is 7.17. The van der Waals surface area contributed by atoms with Gasteiger partial charge in [0, 0.05) is 17.5 Å². The van der Waals surface area contributed by atoms with E-state index in [9.17, 15) is 4.79 Å². The summed E-state index contributed by atoms with van der Waals surface area (Å²) in [5.74, 6) is 1.92. The van der Waals surface area contributed by atoms with Crippen LogP contribution in [0.25, 0.3) is 0 Å². The average molecular weight is 407 g/mol. The Morgan fingerprint density at radius 1 is 1.14 bits per heavy atom. The van der Waals surface area contributed by atoms with E-state index >= 15 is 0 Å². The summed E-state index contributed by atoms with van der Waals surface area (Å²) in [5.41, 5.74) is 2.34. The molecule has 0 N–H and O–H groups in total. The van der Waals surface area contributed by atoms with Crippen LogP contribution < -0.4 is 14.2 Å². The molecular formula is C23H21NO4S. The first-order valence-corrected chi connectivity index (χ1v) is 10.6. The summed E-state index contributed by atoms with van der Waals surface area (Å²) < 4.78 is 16.7. The molecule has 1 amide bonds. The highest BCUT2D eigenvalue weighted by Gasteiger charge is 2.35. The van der Waals surface area contributed by atoms with Crippen molar-refractivity contribution in [2.24, 2.45) is 0 Å². The van der Waals surface area contributed by atoms with E-state index in [0.717, 1.165) is 12.0 Å². The van der Waals surface area contributed by atoms with E-state index in [1.165, 1.54) is 10.4 Å². The molecule has 1 aromatic heterocycles. The fraction of sp³-hybridized carbons (Fsp3) is 0.261. The van der Waals surface area contributed by atoms with Crippen molar-refractivity contribution in [1.82, 2.24) is 4.90 Å². The first kappa shape index (κ1) is 18.1. The van der Waals surface area contributed by atoms with Gasteiger partial charge in [0.15, 0.2) is 17.6 Å². The van der Waals surface area contributed by atoms with Crippen LogP contribution in [-0.4, -0.2) is 30.2 Å². The molecule has 0 aliphatic carbocycles. The van der Waals surface area contributed by atoms with Crippen molar-refractivity contribution in [1.29, 1.82) is 0 Å². The number of ether oxygens (including phenoxy) is 3. The molecule has 0 bridgehead atoms. The normalized spacial score (nSPS) is 18.2. The van der Waals surface area contributed by atoms with Gasteiger partial charge in [-0.05, 0) is 48.1 Å². The monoisotopic (exact) mass is 407 g/mol. The van der Waals surface area contributed by atoms with Crippen LogP contribution in [0.3, 0.4) is 0 Å². The number of nitrogens with zero attached hydrogens (tertiary/aromatic N) is 1. The number of benzene rings is 2.